The summed E-state index contributed by atoms with van der Waals surface area (Å²) in [5.41, 5.74) is 7.89. The van der Waals surface area contributed by atoms with E-state index in [1.807, 2.05) is 0 Å². The third kappa shape index (κ3) is 1.90. The molecular weight excluding hydrogens is 193 g/mol. The van der Waals surface area contributed by atoms with Gasteiger partial charge in [0.15, 0.2) is 0 Å². The van der Waals surface area contributed by atoms with Gasteiger partial charge in [0.05, 0.1) is 6.61 Å². The van der Waals surface area contributed by atoms with Crippen LogP contribution >= 0.6 is 0 Å². The number of hydrogen-bond donors (Lipinski definition) is 1. The van der Waals surface area contributed by atoms with Crippen LogP contribution in [0.2, 0.25) is 0 Å². The first kappa shape index (κ1) is 10.6. The zero-order chi connectivity index (χ0) is 10.9. The molecule has 0 heterocycles. The van der Waals surface area contributed by atoms with Crippen molar-refractivity contribution in [2.75, 3.05) is 7.11 Å². The monoisotopic (exact) mass is 209 g/mol. The van der Waals surface area contributed by atoms with Crippen LogP contribution in [-0.2, 0) is 16.9 Å². The third-order valence-corrected chi connectivity index (χ3v) is 3.15. The third-order valence-electron chi connectivity index (χ3n) is 3.15. The molecule has 0 saturated heterocycles. The Labute approximate surface area is 89.2 Å². The van der Waals surface area contributed by atoms with Crippen molar-refractivity contribution in [2.45, 2.75) is 31.4 Å². The van der Waals surface area contributed by atoms with Gasteiger partial charge in [-0.1, -0.05) is 6.07 Å². The number of methoxy groups -OCH3 is 1. The molecule has 15 heavy (non-hydrogen) atoms. The van der Waals surface area contributed by atoms with E-state index in [-0.39, 0.29) is 11.4 Å². The molecule has 2 nitrogen and oxygen atoms in total. The lowest BCUT2D eigenvalue weighted by Crippen LogP contribution is -2.44. The van der Waals surface area contributed by atoms with E-state index in [0.717, 1.165) is 30.4 Å². The van der Waals surface area contributed by atoms with E-state index in [4.69, 9.17) is 10.5 Å². The number of benzene rings is 1. The quantitative estimate of drug-likeness (QED) is 0.829. The fourth-order valence-electron chi connectivity index (χ4n) is 2.15. The summed E-state index contributed by atoms with van der Waals surface area (Å²) in [6, 6.07) is 4.79. The Balaban J connectivity index is 2.36. The lowest BCUT2D eigenvalue weighted by atomic mass is 9.71. The summed E-state index contributed by atoms with van der Waals surface area (Å²) in [7, 11) is 1.61. The van der Waals surface area contributed by atoms with Gasteiger partial charge in [0, 0.05) is 12.6 Å². The number of nitrogens with two attached hydrogens (primary N) is 1. The Morgan fingerprint density at radius 2 is 2.20 bits per heavy atom. The van der Waals surface area contributed by atoms with Gasteiger partial charge >= 0.3 is 0 Å². The highest BCUT2D eigenvalue weighted by atomic mass is 19.1. The maximum atomic E-state index is 13.1. The topological polar surface area (TPSA) is 35.2 Å². The highest BCUT2D eigenvalue weighted by Gasteiger charge is 2.35. The smallest absolute Gasteiger partial charge is 0.123 e. The summed E-state index contributed by atoms with van der Waals surface area (Å²) in [4.78, 5) is 0. The van der Waals surface area contributed by atoms with Crippen molar-refractivity contribution in [3.63, 3.8) is 0 Å². The summed E-state index contributed by atoms with van der Waals surface area (Å²) in [6.45, 7) is 0.423. The van der Waals surface area contributed by atoms with E-state index in [9.17, 15) is 4.39 Å². The van der Waals surface area contributed by atoms with E-state index >= 15 is 0 Å². The lowest BCUT2D eigenvalue weighted by Gasteiger charge is -2.39. The van der Waals surface area contributed by atoms with Crippen molar-refractivity contribution in [1.82, 2.24) is 0 Å². The normalized spacial score (nSPS) is 18.6. The molecule has 1 aliphatic rings. The first-order valence-electron chi connectivity index (χ1n) is 5.22. The van der Waals surface area contributed by atoms with Gasteiger partial charge < -0.3 is 10.5 Å². The van der Waals surface area contributed by atoms with E-state index < -0.39 is 0 Å². The average Bonchev–Trinajstić information content (AvgIpc) is 2.15. The molecule has 0 aliphatic heterocycles. The van der Waals surface area contributed by atoms with Crippen molar-refractivity contribution < 1.29 is 9.13 Å². The number of halogens is 1. The summed E-state index contributed by atoms with van der Waals surface area (Å²) in [5, 5.41) is 0. The number of ether oxygens (including phenoxy) is 1. The minimum Gasteiger partial charge on any atom is -0.380 e. The molecule has 0 amide bonds. The molecule has 1 aromatic carbocycles. The van der Waals surface area contributed by atoms with E-state index in [2.05, 4.69) is 0 Å². The second-order valence-electron chi connectivity index (χ2n) is 4.24. The minimum absolute atomic E-state index is 0.228. The molecule has 0 spiro atoms. The number of rotatable bonds is 3. The molecule has 0 radical (unpaired) electrons. The average molecular weight is 209 g/mol. The molecule has 2 rings (SSSR count). The minimum atomic E-state index is -0.248. The van der Waals surface area contributed by atoms with Crippen molar-refractivity contribution in [1.29, 1.82) is 0 Å². The van der Waals surface area contributed by atoms with Crippen molar-refractivity contribution in [2.24, 2.45) is 5.73 Å². The zero-order valence-corrected chi connectivity index (χ0v) is 8.92. The Morgan fingerprint density at radius 1 is 1.47 bits per heavy atom. The van der Waals surface area contributed by atoms with Crippen LogP contribution in [0.25, 0.3) is 0 Å². The molecule has 0 bridgehead atoms. The highest BCUT2D eigenvalue weighted by Crippen LogP contribution is 2.40. The molecule has 82 valence electrons. The molecule has 2 N–H and O–H groups in total. The van der Waals surface area contributed by atoms with Crippen LogP contribution < -0.4 is 5.73 Å². The van der Waals surface area contributed by atoms with Crippen LogP contribution in [-0.4, -0.2) is 7.11 Å². The molecule has 1 aliphatic carbocycles. The second-order valence-corrected chi connectivity index (χ2v) is 4.24. The summed E-state index contributed by atoms with van der Waals surface area (Å²) >= 11 is 0. The van der Waals surface area contributed by atoms with Crippen LogP contribution in [0.1, 0.15) is 30.4 Å². The van der Waals surface area contributed by atoms with Gasteiger partial charge in [0.25, 0.3) is 0 Å². The van der Waals surface area contributed by atoms with Crippen molar-refractivity contribution in [3.05, 3.63) is 35.1 Å². The molecule has 0 atom stereocenters. The van der Waals surface area contributed by atoms with Gasteiger partial charge in [-0.3, -0.25) is 0 Å². The maximum Gasteiger partial charge on any atom is 0.123 e. The van der Waals surface area contributed by atoms with E-state index in [0.29, 0.717) is 6.61 Å². The van der Waals surface area contributed by atoms with E-state index in [1.165, 1.54) is 12.1 Å². The summed E-state index contributed by atoms with van der Waals surface area (Å²) in [5.74, 6) is -0.228. The maximum absolute atomic E-state index is 13.1. The van der Waals surface area contributed by atoms with Crippen LogP contribution in [0.3, 0.4) is 0 Å². The van der Waals surface area contributed by atoms with Gasteiger partial charge in [-0.05, 0) is 42.5 Å². The Morgan fingerprint density at radius 3 is 2.73 bits per heavy atom. The standard InChI is InChI=1S/C12H16FNO/c1-15-8-9-7-10(13)3-4-11(9)12(14)5-2-6-12/h3-4,7H,2,5-6,8,14H2,1H3. The van der Waals surface area contributed by atoms with Gasteiger partial charge in [-0.2, -0.15) is 0 Å². The molecule has 1 aromatic rings. The van der Waals surface area contributed by atoms with Gasteiger partial charge in [0.1, 0.15) is 5.82 Å². The van der Waals surface area contributed by atoms with Gasteiger partial charge in [-0.15, -0.1) is 0 Å². The summed E-state index contributed by atoms with van der Waals surface area (Å²) in [6.07, 6.45) is 3.12. The second kappa shape index (κ2) is 3.91. The molecule has 1 saturated carbocycles. The molecule has 3 heteroatoms. The molecule has 0 aromatic heterocycles. The fraction of sp³-hybridized carbons (Fsp3) is 0.500. The number of hydrogen-bond acceptors (Lipinski definition) is 2. The van der Waals surface area contributed by atoms with Crippen molar-refractivity contribution >= 4 is 0 Å². The first-order valence-corrected chi connectivity index (χ1v) is 5.22. The van der Waals surface area contributed by atoms with Gasteiger partial charge in [0.2, 0.25) is 0 Å². The Hall–Kier alpha value is -0.930. The molecular formula is C12H16FNO. The predicted molar refractivity (Wildman–Crippen MR) is 56.8 cm³/mol. The highest BCUT2D eigenvalue weighted by molar-refractivity contribution is 5.35. The van der Waals surface area contributed by atoms with Crippen LogP contribution in [0.4, 0.5) is 4.39 Å². The lowest BCUT2D eigenvalue weighted by molar-refractivity contribution is 0.177. The Kier molecular flexibility index (Phi) is 2.76. The van der Waals surface area contributed by atoms with Crippen LogP contribution in [0.15, 0.2) is 18.2 Å². The van der Waals surface area contributed by atoms with E-state index in [1.54, 1.807) is 13.2 Å². The zero-order valence-electron chi connectivity index (χ0n) is 8.92. The summed E-state index contributed by atoms with van der Waals surface area (Å²) < 4.78 is 18.1. The van der Waals surface area contributed by atoms with Crippen molar-refractivity contribution in [3.8, 4) is 0 Å². The SMILES string of the molecule is COCc1cc(F)ccc1C1(N)CCC1. The predicted octanol–water partition coefficient (Wildman–Crippen LogP) is 2.31. The first-order chi connectivity index (χ1) is 7.15. The van der Waals surface area contributed by atoms with Crippen LogP contribution in [0.5, 0.6) is 0 Å². The van der Waals surface area contributed by atoms with Crippen LogP contribution in [0, 0.1) is 5.82 Å². The Bertz CT molecular complexity index is 361. The molecule has 0 unspecified atom stereocenters. The molecule has 1 fully saturated rings. The largest absolute Gasteiger partial charge is 0.380 e. The fourth-order valence-corrected chi connectivity index (χ4v) is 2.15. The van der Waals surface area contributed by atoms with Gasteiger partial charge in [-0.25, -0.2) is 4.39 Å².